The zero-order chi connectivity index (χ0) is 18.8. The Hall–Kier alpha value is -2.29. The summed E-state index contributed by atoms with van der Waals surface area (Å²) in [5.74, 6) is 0.719. The molecule has 0 saturated heterocycles. The SMILES string of the molecule is CCCCCCCCOc1ccc(C(=O)Nc2ccc(C)c(C)c2)cc1. The van der Waals surface area contributed by atoms with Gasteiger partial charge in [0.1, 0.15) is 5.75 Å². The molecule has 0 radical (unpaired) electrons. The molecule has 0 aliphatic heterocycles. The maximum absolute atomic E-state index is 12.4. The van der Waals surface area contributed by atoms with Crippen LogP contribution in [-0.4, -0.2) is 12.5 Å². The lowest BCUT2D eigenvalue weighted by Crippen LogP contribution is -2.12. The van der Waals surface area contributed by atoms with E-state index in [1.165, 1.54) is 43.2 Å². The predicted octanol–water partition coefficient (Wildman–Crippen LogP) is 6.30. The van der Waals surface area contributed by atoms with Crippen LogP contribution in [0.3, 0.4) is 0 Å². The molecule has 2 aromatic carbocycles. The van der Waals surface area contributed by atoms with E-state index in [-0.39, 0.29) is 5.91 Å². The maximum atomic E-state index is 12.4. The number of anilines is 1. The summed E-state index contributed by atoms with van der Waals surface area (Å²) >= 11 is 0. The summed E-state index contributed by atoms with van der Waals surface area (Å²) in [7, 11) is 0. The highest BCUT2D eigenvalue weighted by Gasteiger charge is 2.07. The molecule has 0 aliphatic carbocycles. The maximum Gasteiger partial charge on any atom is 0.255 e. The third-order valence-corrected chi connectivity index (χ3v) is 4.65. The number of unbranched alkanes of at least 4 members (excludes halogenated alkanes) is 5. The molecule has 0 unspecified atom stereocenters. The van der Waals surface area contributed by atoms with Gasteiger partial charge in [0.25, 0.3) is 5.91 Å². The molecule has 0 fully saturated rings. The first kappa shape index (κ1) is 20.0. The molecular weight excluding hydrogens is 322 g/mol. The predicted molar refractivity (Wildman–Crippen MR) is 109 cm³/mol. The van der Waals surface area contributed by atoms with Crippen molar-refractivity contribution in [2.75, 3.05) is 11.9 Å². The quantitative estimate of drug-likeness (QED) is 0.509. The van der Waals surface area contributed by atoms with Crippen molar-refractivity contribution in [2.24, 2.45) is 0 Å². The molecule has 140 valence electrons. The van der Waals surface area contributed by atoms with Crippen molar-refractivity contribution < 1.29 is 9.53 Å². The van der Waals surface area contributed by atoms with Crippen LogP contribution in [0.15, 0.2) is 42.5 Å². The second-order valence-electron chi connectivity index (χ2n) is 6.89. The van der Waals surface area contributed by atoms with Gasteiger partial charge in [0.2, 0.25) is 0 Å². The fourth-order valence-corrected chi connectivity index (χ4v) is 2.80. The first-order chi connectivity index (χ1) is 12.6. The standard InChI is InChI=1S/C23H31NO2/c1-4-5-6-7-8-9-16-26-22-14-11-20(12-15-22)23(25)24-21-13-10-18(2)19(3)17-21/h10-15,17H,4-9,16H2,1-3H3,(H,24,25). The Labute approximate surface area is 157 Å². The topological polar surface area (TPSA) is 38.3 Å². The molecule has 3 nitrogen and oxygen atoms in total. The van der Waals surface area contributed by atoms with Gasteiger partial charge in [-0.3, -0.25) is 4.79 Å². The third kappa shape index (κ3) is 6.55. The van der Waals surface area contributed by atoms with Crippen LogP contribution in [0.4, 0.5) is 5.69 Å². The Bertz CT molecular complexity index is 692. The van der Waals surface area contributed by atoms with E-state index in [0.29, 0.717) is 5.56 Å². The number of nitrogens with one attached hydrogen (secondary N) is 1. The number of hydrogen-bond donors (Lipinski definition) is 1. The number of rotatable bonds is 10. The summed E-state index contributed by atoms with van der Waals surface area (Å²) in [6.45, 7) is 7.07. The molecule has 0 aliphatic rings. The van der Waals surface area contributed by atoms with E-state index in [1.54, 1.807) is 0 Å². The molecule has 1 amide bonds. The lowest BCUT2D eigenvalue weighted by molar-refractivity contribution is 0.102. The van der Waals surface area contributed by atoms with Crippen LogP contribution in [0.1, 0.15) is 66.9 Å². The van der Waals surface area contributed by atoms with E-state index < -0.39 is 0 Å². The molecule has 0 heterocycles. The van der Waals surface area contributed by atoms with Crippen molar-refractivity contribution in [3.63, 3.8) is 0 Å². The smallest absolute Gasteiger partial charge is 0.255 e. The average molecular weight is 354 g/mol. The van der Waals surface area contributed by atoms with Crippen LogP contribution >= 0.6 is 0 Å². The van der Waals surface area contributed by atoms with E-state index in [0.717, 1.165) is 24.5 Å². The lowest BCUT2D eigenvalue weighted by Gasteiger charge is -2.09. The van der Waals surface area contributed by atoms with E-state index in [4.69, 9.17) is 4.74 Å². The number of amides is 1. The van der Waals surface area contributed by atoms with Crippen LogP contribution in [0.5, 0.6) is 5.75 Å². The number of benzene rings is 2. The van der Waals surface area contributed by atoms with Crippen LogP contribution in [0, 0.1) is 13.8 Å². The second kappa shape index (κ2) is 10.6. The van der Waals surface area contributed by atoms with Gasteiger partial charge < -0.3 is 10.1 Å². The molecule has 0 bridgehead atoms. The summed E-state index contributed by atoms with van der Waals surface area (Å²) in [6.07, 6.45) is 7.51. The number of ether oxygens (including phenoxy) is 1. The van der Waals surface area contributed by atoms with Crippen LogP contribution in [0.25, 0.3) is 0 Å². The number of carbonyl (C=O) groups excluding carboxylic acids is 1. The fourth-order valence-electron chi connectivity index (χ4n) is 2.80. The van der Waals surface area contributed by atoms with Gasteiger partial charge in [-0.2, -0.15) is 0 Å². The van der Waals surface area contributed by atoms with Gasteiger partial charge in [0, 0.05) is 11.3 Å². The molecular formula is C23H31NO2. The summed E-state index contributed by atoms with van der Waals surface area (Å²) in [5.41, 5.74) is 3.84. The van der Waals surface area contributed by atoms with Crippen molar-refractivity contribution in [3.05, 3.63) is 59.2 Å². The largest absolute Gasteiger partial charge is 0.494 e. The highest BCUT2D eigenvalue weighted by molar-refractivity contribution is 6.04. The number of aryl methyl sites for hydroxylation is 2. The highest BCUT2D eigenvalue weighted by Crippen LogP contribution is 2.17. The first-order valence-corrected chi connectivity index (χ1v) is 9.71. The second-order valence-corrected chi connectivity index (χ2v) is 6.89. The molecule has 0 saturated carbocycles. The lowest BCUT2D eigenvalue weighted by atomic mass is 10.1. The summed E-state index contributed by atoms with van der Waals surface area (Å²) in [6, 6.07) is 13.3. The summed E-state index contributed by atoms with van der Waals surface area (Å²) in [4.78, 5) is 12.4. The molecule has 0 aromatic heterocycles. The third-order valence-electron chi connectivity index (χ3n) is 4.65. The van der Waals surface area contributed by atoms with Gasteiger partial charge in [-0.05, 0) is 67.8 Å². The monoisotopic (exact) mass is 353 g/mol. The van der Waals surface area contributed by atoms with Gasteiger partial charge >= 0.3 is 0 Å². The summed E-state index contributed by atoms with van der Waals surface area (Å²) < 4.78 is 5.76. The highest BCUT2D eigenvalue weighted by atomic mass is 16.5. The van der Waals surface area contributed by atoms with Crippen LogP contribution in [0.2, 0.25) is 0 Å². The van der Waals surface area contributed by atoms with E-state index >= 15 is 0 Å². The van der Waals surface area contributed by atoms with E-state index in [2.05, 4.69) is 19.2 Å². The van der Waals surface area contributed by atoms with Crippen molar-refractivity contribution in [1.82, 2.24) is 0 Å². The Morgan fingerprint density at radius 3 is 2.27 bits per heavy atom. The Morgan fingerprint density at radius 2 is 1.58 bits per heavy atom. The van der Waals surface area contributed by atoms with Crippen molar-refractivity contribution in [2.45, 2.75) is 59.3 Å². The zero-order valence-electron chi connectivity index (χ0n) is 16.3. The Balaban J connectivity index is 1.77. The van der Waals surface area contributed by atoms with Gasteiger partial charge in [-0.1, -0.05) is 45.1 Å². The van der Waals surface area contributed by atoms with E-state index in [1.807, 2.05) is 49.4 Å². The number of hydrogen-bond acceptors (Lipinski definition) is 2. The number of carbonyl (C=O) groups is 1. The molecule has 3 heteroatoms. The minimum atomic E-state index is -0.101. The van der Waals surface area contributed by atoms with Gasteiger partial charge in [-0.15, -0.1) is 0 Å². The van der Waals surface area contributed by atoms with Gasteiger partial charge in [-0.25, -0.2) is 0 Å². The zero-order valence-corrected chi connectivity index (χ0v) is 16.3. The summed E-state index contributed by atoms with van der Waals surface area (Å²) in [5, 5.41) is 2.94. The molecule has 26 heavy (non-hydrogen) atoms. The van der Waals surface area contributed by atoms with Gasteiger partial charge in [0.15, 0.2) is 0 Å². The van der Waals surface area contributed by atoms with Crippen molar-refractivity contribution in [3.8, 4) is 5.75 Å². The molecule has 2 aromatic rings. The fraction of sp³-hybridized carbons (Fsp3) is 0.435. The molecule has 0 atom stereocenters. The minimum absolute atomic E-state index is 0.101. The minimum Gasteiger partial charge on any atom is -0.494 e. The molecule has 0 spiro atoms. The van der Waals surface area contributed by atoms with Crippen LogP contribution in [-0.2, 0) is 0 Å². The van der Waals surface area contributed by atoms with E-state index in [9.17, 15) is 4.79 Å². The Morgan fingerprint density at radius 1 is 0.885 bits per heavy atom. The van der Waals surface area contributed by atoms with Crippen LogP contribution < -0.4 is 10.1 Å². The van der Waals surface area contributed by atoms with Crippen molar-refractivity contribution >= 4 is 11.6 Å². The molecule has 2 rings (SSSR count). The first-order valence-electron chi connectivity index (χ1n) is 9.71. The van der Waals surface area contributed by atoms with Crippen molar-refractivity contribution in [1.29, 1.82) is 0 Å². The molecule has 1 N–H and O–H groups in total. The Kier molecular flexibility index (Phi) is 8.20. The normalized spacial score (nSPS) is 10.6. The average Bonchev–Trinajstić information content (AvgIpc) is 2.64. The van der Waals surface area contributed by atoms with Gasteiger partial charge in [0.05, 0.1) is 6.61 Å².